The van der Waals surface area contributed by atoms with Crippen molar-refractivity contribution in [3.63, 3.8) is 0 Å². The third-order valence-corrected chi connectivity index (χ3v) is 1.66. The summed E-state index contributed by atoms with van der Waals surface area (Å²) in [4.78, 5) is 22.1. The summed E-state index contributed by atoms with van der Waals surface area (Å²) in [6.07, 6.45) is 4.78. The molecule has 2 nitrogen and oxygen atoms in total. The fraction of sp³-hybridized carbons (Fsp3) is 0.500. The van der Waals surface area contributed by atoms with Crippen molar-refractivity contribution >= 4 is 11.6 Å². The van der Waals surface area contributed by atoms with Gasteiger partial charge in [-0.1, -0.05) is 27.7 Å². The number of ketones is 2. The lowest BCUT2D eigenvalue weighted by atomic mass is 9.95. The van der Waals surface area contributed by atoms with Gasteiger partial charge >= 0.3 is 0 Å². The zero-order valence-electron chi connectivity index (χ0n) is 9.33. The van der Waals surface area contributed by atoms with Gasteiger partial charge in [-0.05, 0) is 30.6 Å². The van der Waals surface area contributed by atoms with Crippen molar-refractivity contribution in [1.82, 2.24) is 0 Å². The van der Waals surface area contributed by atoms with Crippen LogP contribution in [0.5, 0.6) is 0 Å². The SMILES string of the molecule is CC.CC(C)CC1=CC(=O)C=CC1=O. The molecule has 0 aliphatic heterocycles. The molecule has 0 unspecified atom stereocenters. The lowest BCUT2D eigenvalue weighted by Crippen LogP contribution is -2.09. The Hall–Kier alpha value is -1.18. The van der Waals surface area contributed by atoms with Gasteiger partial charge in [0.25, 0.3) is 0 Å². The molecule has 0 spiro atoms. The van der Waals surface area contributed by atoms with Crippen molar-refractivity contribution in [3.05, 3.63) is 23.8 Å². The second-order valence-corrected chi connectivity index (χ2v) is 3.37. The molecule has 0 heterocycles. The van der Waals surface area contributed by atoms with E-state index >= 15 is 0 Å². The van der Waals surface area contributed by atoms with Gasteiger partial charge in [0.2, 0.25) is 0 Å². The first-order valence-corrected chi connectivity index (χ1v) is 5.06. The fourth-order valence-electron chi connectivity index (χ4n) is 1.16. The van der Waals surface area contributed by atoms with Crippen LogP contribution in [-0.4, -0.2) is 11.6 Å². The first kappa shape index (κ1) is 12.8. The van der Waals surface area contributed by atoms with Crippen LogP contribution >= 0.6 is 0 Å². The Kier molecular flexibility index (Phi) is 5.77. The van der Waals surface area contributed by atoms with Gasteiger partial charge in [0.05, 0.1) is 0 Å². The van der Waals surface area contributed by atoms with Gasteiger partial charge < -0.3 is 0 Å². The van der Waals surface area contributed by atoms with E-state index < -0.39 is 0 Å². The van der Waals surface area contributed by atoms with Crippen LogP contribution < -0.4 is 0 Å². The molecule has 1 rings (SSSR count). The van der Waals surface area contributed by atoms with E-state index in [4.69, 9.17) is 0 Å². The Labute approximate surface area is 85.7 Å². The molecule has 0 aromatic heterocycles. The monoisotopic (exact) mass is 194 g/mol. The van der Waals surface area contributed by atoms with E-state index in [2.05, 4.69) is 0 Å². The van der Waals surface area contributed by atoms with Crippen LogP contribution in [0.2, 0.25) is 0 Å². The van der Waals surface area contributed by atoms with Gasteiger partial charge in [-0.3, -0.25) is 9.59 Å². The Morgan fingerprint density at radius 2 is 1.71 bits per heavy atom. The smallest absolute Gasteiger partial charge is 0.182 e. The van der Waals surface area contributed by atoms with E-state index in [1.807, 2.05) is 27.7 Å². The average molecular weight is 194 g/mol. The first-order valence-electron chi connectivity index (χ1n) is 5.06. The summed E-state index contributed by atoms with van der Waals surface area (Å²) < 4.78 is 0. The van der Waals surface area contributed by atoms with Crippen LogP contribution in [0.25, 0.3) is 0 Å². The molecule has 0 N–H and O–H groups in total. The molecule has 0 bridgehead atoms. The average Bonchev–Trinajstić information content (AvgIpc) is 2.14. The summed E-state index contributed by atoms with van der Waals surface area (Å²) in [6, 6.07) is 0. The van der Waals surface area contributed by atoms with Crippen molar-refractivity contribution in [1.29, 1.82) is 0 Å². The molecule has 0 saturated heterocycles. The molecule has 0 radical (unpaired) electrons. The minimum atomic E-state index is -0.0785. The highest BCUT2D eigenvalue weighted by atomic mass is 16.1. The number of hydrogen-bond acceptors (Lipinski definition) is 2. The lowest BCUT2D eigenvalue weighted by Gasteiger charge is -2.08. The quantitative estimate of drug-likeness (QED) is 0.633. The molecule has 0 aromatic carbocycles. The van der Waals surface area contributed by atoms with Crippen molar-refractivity contribution in [2.45, 2.75) is 34.1 Å². The van der Waals surface area contributed by atoms with Gasteiger partial charge in [0.15, 0.2) is 11.6 Å². The highest BCUT2D eigenvalue weighted by Gasteiger charge is 2.13. The molecule has 0 atom stereocenters. The normalized spacial score (nSPS) is 15.1. The van der Waals surface area contributed by atoms with Crippen LogP contribution in [0.4, 0.5) is 0 Å². The summed E-state index contributed by atoms with van der Waals surface area (Å²) in [5.41, 5.74) is 0.637. The Morgan fingerprint density at radius 1 is 1.14 bits per heavy atom. The number of carbonyl (C=O) groups is 2. The third-order valence-electron chi connectivity index (χ3n) is 1.66. The van der Waals surface area contributed by atoms with E-state index in [1.54, 1.807) is 0 Å². The Morgan fingerprint density at radius 3 is 2.21 bits per heavy atom. The minimum absolute atomic E-state index is 0.0247. The molecule has 14 heavy (non-hydrogen) atoms. The van der Waals surface area contributed by atoms with Crippen LogP contribution in [0.15, 0.2) is 23.8 Å². The van der Waals surface area contributed by atoms with Crippen LogP contribution in [0.1, 0.15) is 34.1 Å². The van der Waals surface area contributed by atoms with Crippen molar-refractivity contribution in [2.75, 3.05) is 0 Å². The number of allylic oxidation sites excluding steroid dienone is 4. The van der Waals surface area contributed by atoms with Crippen LogP contribution in [-0.2, 0) is 9.59 Å². The fourth-order valence-corrected chi connectivity index (χ4v) is 1.16. The van der Waals surface area contributed by atoms with Gasteiger partial charge in [-0.2, -0.15) is 0 Å². The maximum absolute atomic E-state index is 11.2. The zero-order chi connectivity index (χ0) is 11.1. The van der Waals surface area contributed by atoms with Gasteiger partial charge in [0, 0.05) is 5.57 Å². The molecule has 1 aliphatic rings. The molecule has 2 heteroatoms. The number of hydrogen-bond donors (Lipinski definition) is 0. The molecule has 0 saturated carbocycles. The second-order valence-electron chi connectivity index (χ2n) is 3.37. The predicted octanol–water partition coefficient (Wildman–Crippen LogP) is 2.69. The summed E-state index contributed by atoms with van der Waals surface area (Å²) in [5, 5.41) is 0. The van der Waals surface area contributed by atoms with Crippen molar-refractivity contribution < 1.29 is 9.59 Å². The highest BCUT2D eigenvalue weighted by Crippen LogP contribution is 2.14. The third kappa shape index (κ3) is 4.17. The standard InChI is InChI=1S/C10H12O2.C2H6/c1-7(2)5-8-6-9(11)3-4-10(8)12;1-2/h3-4,6-7H,5H2,1-2H3;1-2H3. The van der Waals surface area contributed by atoms with E-state index in [-0.39, 0.29) is 11.6 Å². The molecular weight excluding hydrogens is 176 g/mol. The van der Waals surface area contributed by atoms with E-state index in [0.29, 0.717) is 17.9 Å². The highest BCUT2D eigenvalue weighted by molar-refractivity contribution is 6.17. The number of rotatable bonds is 2. The van der Waals surface area contributed by atoms with E-state index in [0.717, 1.165) is 0 Å². The molecule has 0 amide bonds. The minimum Gasteiger partial charge on any atom is -0.290 e. The lowest BCUT2D eigenvalue weighted by molar-refractivity contribution is -0.114. The van der Waals surface area contributed by atoms with Gasteiger partial charge in [0.1, 0.15) is 0 Å². The largest absolute Gasteiger partial charge is 0.290 e. The maximum Gasteiger partial charge on any atom is 0.182 e. The summed E-state index contributed by atoms with van der Waals surface area (Å²) in [7, 11) is 0. The zero-order valence-corrected chi connectivity index (χ0v) is 9.33. The first-order chi connectivity index (χ1) is 6.59. The summed E-state index contributed by atoms with van der Waals surface area (Å²) >= 11 is 0. The molecule has 78 valence electrons. The van der Waals surface area contributed by atoms with Gasteiger partial charge in [-0.15, -0.1) is 0 Å². The van der Waals surface area contributed by atoms with E-state index in [1.165, 1.54) is 18.2 Å². The summed E-state index contributed by atoms with van der Waals surface area (Å²) in [5.74, 6) is 0.313. The van der Waals surface area contributed by atoms with Crippen LogP contribution in [0, 0.1) is 5.92 Å². The Balaban J connectivity index is 0.000000791. The van der Waals surface area contributed by atoms with Crippen molar-refractivity contribution in [3.8, 4) is 0 Å². The molecular formula is C12H18O2. The maximum atomic E-state index is 11.2. The van der Waals surface area contributed by atoms with Gasteiger partial charge in [-0.25, -0.2) is 0 Å². The molecule has 0 aromatic rings. The predicted molar refractivity (Wildman–Crippen MR) is 58.0 cm³/mol. The van der Waals surface area contributed by atoms with E-state index in [9.17, 15) is 9.59 Å². The second kappa shape index (κ2) is 6.30. The number of carbonyl (C=O) groups excluding carboxylic acids is 2. The van der Waals surface area contributed by atoms with Crippen molar-refractivity contribution in [2.24, 2.45) is 5.92 Å². The topological polar surface area (TPSA) is 34.1 Å². The molecule has 1 aliphatic carbocycles. The summed E-state index contributed by atoms with van der Waals surface area (Å²) in [6.45, 7) is 8.05. The molecule has 0 fully saturated rings. The van der Waals surface area contributed by atoms with Crippen LogP contribution in [0.3, 0.4) is 0 Å². The Bertz CT molecular complexity index is 270.